The van der Waals surface area contributed by atoms with Crippen molar-refractivity contribution in [1.29, 1.82) is 0 Å². The van der Waals surface area contributed by atoms with E-state index >= 15 is 0 Å². The van der Waals surface area contributed by atoms with Gasteiger partial charge in [-0.25, -0.2) is 4.79 Å². The van der Waals surface area contributed by atoms with Gasteiger partial charge in [-0.15, -0.1) is 0 Å². The maximum atomic E-state index is 12.4. The first-order valence-electron chi connectivity index (χ1n) is 7.23. The first kappa shape index (κ1) is 14.1. The highest BCUT2D eigenvalue weighted by Crippen LogP contribution is 2.30. The largest absolute Gasteiger partial charge is 0.334 e. The lowest BCUT2D eigenvalue weighted by Gasteiger charge is -2.24. The molecule has 2 aromatic rings. The lowest BCUT2D eigenvalue weighted by molar-refractivity contribution is 0.191. The second-order valence-corrected chi connectivity index (χ2v) is 6.13. The second-order valence-electron chi connectivity index (χ2n) is 5.35. The number of likely N-dealkylation sites (tertiary alicyclic amines) is 1. The maximum Gasteiger partial charge on any atom is 0.318 e. The average Bonchev–Trinajstić information content (AvgIpc) is 3.16. The number of nitrogens with one attached hydrogen (secondary N) is 1. The van der Waals surface area contributed by atoms with Crippen LogP contribution >= 0.6 is 11.3 Å². The molecule has 1 atom stereocenters. The van der Waals surface area contributed by atoms with Crippen LogP contribution in [0.5, 0.6) is 0 Å². The highest BCUT2D eigenvalue weighted by molar-refractivity contribution is 7.07. The zero-order chi connectivity index (χ0) is 14.7. The number of rotatable bonds is 3. The minimum atomic E-state index is 0.00649. The predicted octanol–water partition coefficient (Wildman–Crippen LogP) is 3.50. The molecule has 0 aromatic carbocycles. The van der Waals surface area contributed by atoms with Crippen LogP contribution in [0.4, 0.5) is 4.79 Å². The highest BCUT2D eigenvalue weighted by atomic mass is 32.1. The van der Waals surface area contributed by atoms with Gasteiger partial charge in [-0.05, 0) is 54.3 Å². The molecular weight excluding hydrogens is 282 g/mol. The number of nitrogens with zero attached hydrogens (tertiary/aromatic N) is 2. The van der Waals surface area contributed by atoms with Crippen molar-refractivity contribution in [1.82, 2.24) is 15.2 Å². The zero-order valence-corrected chi connectivity index (χ0v) is 12.9. The summed E-state index contributed by atoms with van der Waals surface area (Å²) in [6, 6.07) is 8.16. The fourth-order valence-electron chi connectivity index (χ4n) is 2.74. The van der Waals surface area contributed by atoms with Crippen molar-refractivity contribution in [3.63, 3.8) is 0 Å². The van der Waals surface area contributed by atoms with E-state index in [9.17, 15) is 4.79 Å². The van der Waals surface area contributed by atoms with Crippen molar-refractivity contribution >= 4 is 17.4 Å². The number of thiophene rings is 1. The van der Waals surface area contributed by atoms with Gasteiger partial charge in [0.15, 0.2) is 0 Å². The van der Waals surface area contributed by atoms with Crippen LogP contribution in [0.2, 0.25) is 0 Å². The van der Waals surface area contributed by atoms with Gasteiger partial charge >= 0.3 is 6.03 Å². The Morgan fingerprint density at radius 2 is 2.38 bits per heavy atom. The molecule has 3 heterocycles. The van der Waals surface area contributed by atoms with Gasteiger partial charge in [0, 0.05) is 18.8 Å². The fourth-order valence-corrected chi connectivity index (χ4v) is 3.41. The maximum absolute atomic E-state index is 12.4. The molecule has 2 amide bonds. The van der Waals surface area contributed by atoms with Gasteiger partial charge in [-0.3, -0.25) is 4.98 Å². The molecule has 2 aromatic heterocycles. The quantitative estimate of drug-likeness (QED) is 0.943. The van der Waals surface area contributed by atoms with Gasteiger partial charge in [-0.1, -0.05) is 6.07 Å². The van der Waals surface area contributed by atoms with Crippen molar-refractivity contribution in [2.24, 2.45) is 0 Å². The van der Waals surface area contributed by atoms with E-state index in [1.165, 1.54) is 0 Å². The van der Waals surface area contributed by atoms with Crippen molar-refractivity contribution in [2.75, 3.05) is 6.54 Å². The number of aryl methyl sites for hydroxylation is 1. The Hall–Kier alpha value is -1.88. The summed E-state index contributed by atoms with van der Waals surface area (Å²) in [5.74, 6) is 0. The van der Waals surface area contributed by atoms with Crippen molar-refractivity contribution in [3.05, 3.63) is 52.0 Å². The summed E-state index contributed by atoms with van der Waals surface area (Å²) in [6.07, 6.45) is 2.02. The van der Waals surface area contributed by atoms with Gasteiger partial charge in [0.1, 0.15) is 0 Å². The molecule has 0 aliphatic carbocycles. The van der Waals surface area contributed by atoms with E-state index in [1.54, 1.807) is 11.3 Å². The van der Waals surface area contributed by atoms with E-state index in [-0.39, 0.29) is 12.1 Å². The summed E-state index contributed by atoms with van der Waals surface area (Å²) in [4.78, 5) is 18.9. The third kappa shape index (κ3) is 3.24. The van der Waals surface area contributed by atoms with Gasteiger partial charge < -0.3 is 10.2 Å². The number of pyridine rings is 1. The van der Waals surface area contributed by atoms with Crippen LogP contribution in [0.25, 0.3) is 0 Å². The molecule has 0 saturated carbocycles. The van der Waals surface area contributed by atoms with E-state index in [4.69, 9.17) is 0 Å². The normalized spacial score (nSPS) is 18.0. The molecule has 1 saturated heterocycles. The van der Waals surface area contributed by atoms with Crippen LogP contribution in [0.15, 0.2) is 35.0 Å². The minimum Gasteiger partial charge on any atom is -0.334 e. The molecule has 1 aliphatic heterocycles. The molecule has 110 valence electrons. The van der Waals surface area contributed by atoms with Gasteiger partial charge in [-0.2, -0.15) is 11.3 Å². The number of amides is 2. The van der Waals surface area contributed by atoms with Crippen LogP contribution in [0, 0.1) is 6.92 Å². The Bertz CT molecular complexity index is 612. The molecule has 5 heteroatoms. The summed E-state index contributed by atoms with van der Waals surface area (Å²) in [6.45, 7) is 3.38. The van der Waals surface area contributed by atoms with Crippen molar-refractivity contribution < 1.29 is 4.79 Å². The van der Waals surface area contributed by atoms with Crippen LogP contribution < -0.4 is 5.32 Å². The van der Waals surface area contributed by atoms with E-state index in [2.05, 4.69) is 15.7 Å². The molecular formula is C16H19N3OS. The SMILES string of the molecule is Cc1cccc(C2CCCN2C(=O)NCc2ccsc2)n1. The fraction of sp³-hybridized carbons (Fsp3) is 0.375. The standard InChI is InChI=1S/C16H19N3OS/c1-12-4-2-5-14(18-12)15-6-3-8-19(15)16(20)17-10-13-7-9-21-11-13/h2,4-5,7,9,11,15H,3,6,8,10H2,1H3,(H,17,20). The molecule has 1 aliphatic rings. The van der Waals surface area contributed by atoms with E-state index in [1.807, 2.05) is 41.5 Å². The summed E-state index contributed by atoms with van der Waals surface area (Å²) < 4.78 is 0. The third-order valence-electron chi connectivity index (χ3n) is 3.79. The second kappa shape index (κ2) is 6.26. The number of carbonyl (C=O) groups excluding carboxylic acids is 1. The topological polar surface area (TPSA) is 45.2 Å². The first-order chi connectivity index (χ1) is 10.2. The summed E-state index contributed by atoms with van der Waals surface area (Å²) in [7, 11) is 0. The number of aromatic nitrogens is 1. The Balaban J connectivity index is 1.67. The van der Waals surface area contributed by atoms with Crippen LogP contribution in [-0.2, 0) is 6.54 Å². The van der Waals surface area contributed by atoms with Crippen LogP contribution in [0.3, 0.4) is 0 Å². The van der Waals surface area contributed by atoms with Crippen molar-refractivity contribution in [2.45, 2.75) is 32.4 Å². The number of hydrogen-bond donors (Lipinski definition) is 1. The summed E-state index contributed by atoms with van der Waals surface area (Å²) >= 11 is 1.65. The molecule has 0 radical (unpaired) electrons. The smallest absolute Gasteiger partial charge is 0.318 e. The third-order valence-corrected chi connectivity index (χ3v) is 4.52. The molecule has 4 nitrogen and oxygen atoms in total. The number of carbonyl (C=O) groups is 1. The van der Waals surface area contributed by atoms with Crippen LogP contribution in [-0.4, -0.2) is 22.5 Å². The van der Waals surface area contributed by atoms with Crippen molar-refractivity contribution in [3.8, 4) is 0 Å². The van der Waals surface area contributed by atoms with E-state index in [0.717, 1.165) is 36.3 Å². The average molecular weight is 301 g/mol. The predicted molar refractivity (Wildman–Crippen MR) is 84.2 cm³/mol. The van der Waals surface area contributed by atoms with Gasteiger partial charge in [0.25, 0.3) is 0 Å². The molecule has 1 N–H and O–H groups in total. The van der Waals surface area contributed by atoms with Gasteiger partial charge in [0.05, 0.1) is 11.7 Å². The molecule has 1 unspecified atom stereocenters. The highest BCUT2D eigenvalue weighted by Gasteiger charge is 2.30. The Kier molecular flexibility index (Phi) is 4.20. The molecule has 0 bridgehead atoms. The minimum absolute atomic E-state index is 0.00649. The molecule has 0 spiro atoms. The monoisotopic (exact) mass is 301 g/mol. The molecule has 21 heavy (non-hydrogen) atoms. The lowest BCUT2D eigenvalue weighted by Crippen LogP contribution is -2.39. The Morgan fingerprint density at radius 3 is 3.14 bits per heavy atom. The Labute approximate surface area is 128 Å². The molecule has 3 rings (SSSR count). The van der Waals surface area contributed by atoms with E-state index < -0.39 is 0 Å². The lowest BCUT2D eigenvalue weighted by atomic mass is 10.1. The first-order valence-corrected chi connectivity index (χ1v) is 8.17. The number of hydrogen-bond acceptors (Lipinski definition) is 3. The number of urea groups is 1. The van der Waals surface area contributed by atoms with Crippen LogP contribution in [0.1, 0.15) is 35.8 Å². The Morgan fingerprint density at radius 1 is 1.48 bits per heavy atom. The summed E-state index contributed by atoms with van der Waals surface area (Å²) in [5, 5.41) is 7.09. The zero-order valence-electron chi connectivity index (χ0n) is 12.1. The summed E-state index contributed by atoms with van der Waals surface area (Å²) in [5.41, 5.74) is 3.15. The van der Waals surface area contributed by atoms with E-state index in [0.29, 0.717) is 6.54 Å². The van der Waals surface area contributed by atoms with Gasteiger partial charge in [0.2, 0.25) is 0 Å². The molecule has 1 fully saturated rings.